The highest BCUT2D eigenvalue weighted by molar-refractivity contribution is 8.00. The van der Waals surface area contributed by atoms with E-state index in [0.717, 1.165) is 47.6 Å². The lowest BCUT2D eigenvalue weighted by atomic mass is 9.97. The smallest absolute Gasteiger partial charge is 0.235 e. The van der Waals surface area contributed by atoms with E-state index in [1.54, 1.807) is 11.3 Å². The number of rotatable bonds is 4. The molecule has 0 unspecified atom stereocenters. The quantitative estimate of drug-likeness (QED) is 0.729. The Kier molecular flexibility index (Phi) is 6.08. The first-order chi connectivity index (χ1) is 13.7. The average Bonchev–Trinajstić information content (AvgIpc) is 3.01. The molecule has 1 N–H and O–H groups in total. The van der Waals surface area contributed by atoms with Crippen LogP contribution in [0.25, 0.3) is 0 Å². The number of nitrogens with zero attached hydrogens (tertiary/aromatic N) is 1. The summed E-state index contributed by atoms with van der Waals surface area (Å²) in [7, 11) is 0. The molecule has 0 saturated carbocycles. The summed E-state index contributed by atoms with van der Waals surface area (Å²) in [6.07, 6.45) is 6.69. The lowest BCUT2D eigenvalue weighted by Crippen LogP contribution is -2.15. The number of aryl methyl sites for hydroxylation is 1. The van der Waals surface area contributed by atoms with Crippen LogP contribution in [0.4, 0.5) is 5.00 Å². The molecule has 1 aromatic heterocycles. The van der Waals surface area contributed by atoms with Gasteiger partial charge in [-0.05, 0) is 49.4 Å². The molecule has 0 atom stereocenters. The van der Waals surface area contributed by atoms with Gasteiger partial charge in [-0.15, -0.1) is 23.1 Å². The number of nitriles is 1. The van der Waals surface area contributed by atoms with Crippen molar-refractivity contribution in [3.05, 3.63) is 34.2 Å². The number of fused-ring (bicyclic) bond motifs is 2. The fourth-order valence-corrected chi connectivity index (χ4v) is 5.53. The Hall–Kier alpha value is -2.17. The van der Waals surface area contributed by atoms with Crippen molar-refractivity contribution >= 4 is 34.0 Å². The second-order valence-electron chi connectivity index (χ2n) is 6.88. The van der Waals surface area contributed by atoms with Crippen molar-refractivity contribution in [2.45, 2.75) is 43.4 Å². The van der Waals surface area contributed by atoms with E-state index in [4.69, 9.17) is 9.47 Å². The summed E-state index contributed by atoms with van der Waals surface area (Å²) in [5.41, 5.74) is 1.82. The summed E-state index contributed by atoms with van der Waals surface area (Å²) in [6.45, 7) is 1.11. The minimum Gasteiger partial charge on any atom is -0.486 e. The van der Waals surface area contributed by atoms with Gasteiger partial charge in [-0.3, -0.25) is 4.79 Å². The molecule has 2 aromatic rings. The molecular weight excluding hydrogens is 392 g/mol. The average molecular weight is 415 g/mol. The first-order valence-corrected chi connectivity index (χ1v) is 11.4. The number of amides is 1. The maximum atomic E-state index is 12.5. The van der Waals surface area contributed by atoms with Gasteiger partial charge in [-0.25, -0.2) is 0 Å². The Balaban J connectivity index is 1.41. The van der Waals surface area contributed by atoms with E-state index in [1.165, 1.54) is 29.5 Å². The molecule has 28 heavy (non-hydrogen) atoms. The van der Waals surface area contributed by atoms with E-state index in [-0.39, 0.29) is 11.7 Å². The predicted molar refractivity (Wildman–Crippen MR) is 112 cm³/mol. The maximum Gasteiger partial charge on any atom is 0.235 e. The number of hydrogen-bond donors (Lipinski definition) is 1. The maximum absolute atomic E-state index is 12.5. The zero-order valence-electron chi connectivity index (χ0n) is 15.6. The summed E-state index contributed by atoms with van der Waals surface area (Å²) < 4.78 is 11.1. The number of benzene rings is 1. The van der Waals surface area contributed by atoms with Gasteiger partial charge in [0.25, 0.3) is 0 Å². The third-order valence-electron chi connectivity index (χ3n) is 4.92. The highest BCUT2D eigenvalue weighted by Crippen LogP contribution is 2.37. The molecule has 2 heterocycles. The van der Waals surface area contributed by atoms with Gasteiger partial charge in [0.15, 0.2) is 11.5 Å². The molecule has 0 spiro atoms. The summed E-state index contributed by atoms with van der Waals surface area (Å²) in [5, 5.41) is 13.3. The highest BCUT2D eigenvalue weighted by Gasteiger charge is 2.20. The van der Waals surface area contributed by atoms with E-state index < -0.39 is 0 Å². The van der Waals surface area contributed by atoms with Gasteiger partial charge in [0.1, 0.15) is 24.3 Å². The number of carbonyl (C=O) groups is 1. The first-order valence-electron chi connectivity index (χ1n) is 9.61. The largest absolute Gasteiger partial charge is 0.486 e. The minimum absolute atomic E-state index is 0.0920. The molecule has 0 saturated heterocycles. The van der Waals surface area contributed by atoms with Crippen LogP contribution in [0.1, 0.15) is 41.7 Å². The molecule has 146 valence electrons. The Morgan fingerprint density at radius 3 is 2.75 bits per heavy atom. The summed E-state index contributed by atoms with van der Waals surface area (Å²) in [5.74, 6) is 1.66. The molecule has 4 rings (SSSR count). The van der Waals surface area contributed by atoms with E-state index in [1.807, 2.05) is 18.2 Å². The van der Waals surface area contributed by atoms with Crippen molar-refractivity contribution in [2.75, 3.05) is 24.3 Å². The predicted octanol–water partition coefficient (Wildman–Crippen LogP) is 4.78. The van der Waals surface area contributed by atoms with Crippen molar-refractivity contribution in [1.29, 1.82) is 5.26 Å². The lowest BCUT2D eigenvalue weighted by Gasteiger charge is -2.18. The Labute approximate surface area is 173 Å². The van der Waals surface area contributed by atoms with Crippen molar-refractivity contribution in [3.8, 4) is 17.6 Å². The van der Waals surface area contributed by atoms with Crippen LogP contribution >= 0.6 is 23.1 Å². The fraction of sp³-hybridized carbons (Fsp3) is 0.429. The zero-order valence-corrected chi connectivity index (χ0v) is 17.2. The Morgan fingerprint density at radius 1 is 1.14 bits per heavy atom. The fourth-order valence-electron chi connectivity index (χ4n) is 3.55. The monoisotopic (exact) mass is 414 g/mol. The topological polar surface area (TPSA) is 71.4 Å². The van der Waals surface area contributed by atoms with Crippen LogP contribution in [-0.4, -0.2) is 24.9 Å². The molecule has 1 aliphatic heterocycles. The van der Waals surface area contributed by atoms with Gasteiger partial charge in [0, 0.05) is 9.77 Å². The molecular formula is C21H22N2O3S2. The van der Waals surface area contributed by atoms with E-state index in [9.17, 15) is 10.1 Å². The van der Waals surface area contributed by atoms with Crippen LogP contribution in [0.3, 0.4) is 0 Å². The molecule has 5 nitrogen and oxygen atoms in total. The van der Waals surface area contributed by atoms with Gasteiger partial charge in [0.05, 0.1) is 11.3 Å². The molecule has 1 amide bonds. The summed E-state index contributed by atoms with van der Waals surface area (Å²) in [6, 6.07) is 8.04. The van der Waals surface area contributed by atoms with E-state index in [2.05, 4.69) is 11.4 Å². The normalized spacial score (nSPS) is 15.7. The van der Waals surface area contributed by atoms with Crippen molar-refractivity contribution in [3.63, 3.8) is 0 Å². The standard InChI is InChI=1S/C21H22N2O3S2/c22-12-16-15-5-3-1-2-4-6-19(15)28-21(16)23-20(24)13-27-14-7-8-17-18(11-14)26-10-9-25-17/h7-8,11H,1-6,9-10,13H2,(H,23,24). The molecule has 0 bridgehead atoms. The molecule has 7 heteroatoms. The Morgan fingerprint density at radius 2 is 1.93 bits per heavy atom. The van der Waals surface area contributed by atoms with Gasteiger partial charge >= 0.3 is 0 Å². The van der Waals surface area contributed by atoms with Crippen LogP contribution in [0.5, 0.6) is 11.5 Å². The third kappa shape index (κ3) is 4.29. The van der Waals surface area contributed by atoms with Gasteiger partial charge in [-0.1, -0.05) is 12.8 Å². The van der Waals surface area contributed by atoms with Crippen LogP contribution in [0, 0.1) is 11.3 Å². The number of anilines is 1. The number of nitrogens with one attached hydrogen (secondary N) is 1. The van der Waals surface area contributed by atoms with Gasteiger partial charge in [0.2, 0.25) is 5.91 Å². The molecule has 2 aliphatic rings. The van der Waals surface area contributed by atoms with Crippen molar-refractivity contribution in [2.24, 2.45) is 0 Å². The SMILES string of the molecule is N#Cc1c(NC(=O)CSc2ccc3c(c2)OCCO3)sc2c1CCCCCC2. The molecule has 1 aliphatic carbocycles. The number of thioether (sulfide) groups is 1. The van der Waals surface area contributed by atoms with Crippen LogP contribution in [0.2, 0.25) is 0 Å². The summed E-state index contributed by atoms with van der Waals surface area (Å²) >= 11 is 3.03. The highest BCUT2D eigenvalue weighted by atomic mass is 32.2. The van der Waals surface area contributed by atoms with Gasteiger partial charge < -0.3 is 14.8 Å². The van der Waals surface area contributed by atoms with Gasteiger partial charge in [-0.2, -0.15) is 5.26 Å². The van der Waals surface area contributed by atoms with Crippen molar-refractivity contribution < 1.29 is 14.3 Å². The van der Waals surface area contributed by atoms with Crippen LogP contribution < -0.4 is 14.8 Å². The van der Waals surface area contributed by atoms with E-state index >= 15 is 0 Å². The lowest BCUT2D eigenvalue weighted by molar-refractivity contribution is -0.113. The number of ether oxygens (including phenoxy) is 2. The third-order valence-corrected chi connectivity index (χ3v) is 7.12. The summed E-state index contributed by atoms with van der Waals surface area (Å²) in [4.78, 5) is 14.7. The van der Waals surface area contributed by atoms with Crippen LogP contribution in [0.15, 0.2) is 23.1 Å². The van der Waals surface area contributed by atoms with E-state index in [0.29, 0.717) is 23.8 Å². The first kappa shape index (κ1) is 19.2. The number of hydrogen-bond acceptors (Lipinski definition) is 6. The molecule has 1 aromatic carbocycles. The van der Waals surface area contributed by atoms with Crippen molar-refractivity contribution in [1.82, 2.24) is 0 Å². The zero-order chi connectivity index (χ0) is 19.3. The number of carbonyl (C=O) groups excluding carboxylic acids is 1. The molecule has 0 fully saturated rings. The second kappa shape index (κ2) is 8.89. The van der Waals surface area contributed by atoms with Crippen LogP contribution in [-0.2, 0) is 17.6 Å². The number of thiophene rings is 1. The molecule has 0 radical (unpaired) electrons. The second-order valence-corrected chi connectivity index (χ2v) is 9.03. The minimum atomic E-state index is -0.0920. The Bertz CT molecular complexity index is 917.